The van der Waals surface area contributed by atoms with Gasteiger partial charge in [-0.1, -0.05) is 44.2 Å². The Morgan fingerprint density at radius 2 is 1.60 bits per heavy atom. The first kappa shape index (κ1) is 35.1. The number of guanidine groups is 1. The molecule has 4 atom stereocenters. The second kappa shape index (κ2) is 17.2. The third kappa shape index (κ3) is 11.3. The molecule has 45 heavy (non-hydrogen) atoms. The Morgan fingerprint density at radius 1 is 0.911 bits per heavy atom. The number of primary amides is 1. The van der Waals surface area contributed by atoms with Crippen LogP contribution in [-0.2, 0) is 30.4 Å². The van der Waals surface area contributed by atoms with Crippen LogP contribution in [0.25, 0.3) is 0 Å². The molecule has 5 amide bonds. The minimum absolute atomic E-state index is 0.0378. The zero-order valence-electron chi connectivity index (χ0n) is 26.0. The largest absolute Gasteiger partial charge is 0.508 e. The Bertz CT molecular complexity index is 1210. The fourth-order valence-electron chi connectivity index (χ4n) is 5.92. The molecule has 1 saturated carbocycles. The van der Waals surface area contributed by atoms with Gasteiger partial charge in [0.15, 0.2) is 5.96 Å². The smallest absolute Gasteiger partial charge is 0.245 e. The van der Waals surface area contributed by atoms with Crippen LogP contribution in [0, 0.1) is 5.92 Å². The molecule has 2 aliphatic rings. The van der Waals surface area contributed by atoms with Crippen LogP contribution in [0.5, 0.6) is 5.75 Å². The maximum atomic E-state index is 13.6. The number of amides is 5. The molecule has 1 aliphatic heterocycles. The first-order chi connectivity index (χ1) is 21.4. The van der Waals surface area contributed by atoms with E-state index in [0.29, 0.717) is 50.3 Å². The van der Waals surface area contributed by atoms with E-state index in [4.69, 9.17) is 17.2 Å². The van der Waals surface area contributed by atoms with Gasteiger partial charge >= 0.3 is 0 Å². The number of nitrogens with zero attached hydrogens (tertiary/aromatic N) is 2. The summed E-state index contributed by atoms with van der Waals surface area (Å²) in [6.07, 6.45) is 7.68. The highest BCUT2D eigenvalue weighted by Gasteiger charge is 2.42. The third-order valence-corrected chi connectivity index (χ3v) is 8.44. The van der Waals surface area contributed by atoms with Crippen molar-refractivity contribution in [3.8, 4) is 5.75 Å². The number of hydrogen-bond acceptors (Lipinski definition) is 7. The topological polar surface area (TPSA) is 235 Å². The minimum Gasteiger partial charge on any atom is -0.508 e. The van der Waals surface area contributed by atoms with Crippen molar-refractivity contribution in [2.24, 2.45) is 28.1 Å². The number of nitrogens with two attached hydrogens (primary N) is 3. The van der Waals surface area contributed by atoms with Crippen LogP contribution in [0.1, 0.15) is 76.7 Å². The second-order valence-electron chi connectivity index (χ2n) is 12.0. The summed E-state index contributed by atoms with van der Waals surface area (Å²) in [6, 6.07) is 2.57. The lowest BCUT2D eigenvalue weighted by atomic mass is 9.84. The highest BCUT2D eigenvalue weighted by atomic mass is 16.3. The number of hydrogen-bond donors (Lipinski definition) is 7. The second-order valence-corrected chi connectivity index (χ2v) is 12.0. The van der Waals surface area contributed by atoms with Crippen LogP contribution in [0.15, 0.2) is 29.3 Å². The highest BCUT2D eigenvalue weighted by Crippen LogP contribution is 2.29. The molecule has 1 saturated heterocycles. The predicted molar refractivity (Wildman–Crippen MR) is 168 cm³/mol. The van der Waals surface area contributed by atoms with Crippen molar-refractivity contribution in [1.82, 2.24) is 20.9 Å². The monoisotopic (exact) mass is 628 g/mol. The molecular weight excluding hydrogens is 580 g/mol. The average Bonchev–Trinajstić information content (AvgIpc) is 2.96. The van der Waals surface area contributed by atoms with Gasteiger partial charge in [0.05, 0.1) is 0 Å². The number of carbonyl (C=O) groups excluding carboxylic acids is 5. The van der Waals surface area contributed by atoms with E-state index in [-0.39, 0.29) is 36.4 Å². The van der Waals surface area contributed by atoms with Gasteiger partial charge in [0.1, 0.15) is 29.9 Å². The third-order valence-electron chi connectivity index (χ3n) is 8.44. The molecule has 1 heterocycles. The Balaban J connectivity index is 1.69. The molecule has 0 radical (unpaired) electrons. The zero-order chi connectivity index (χ0) is 32.9. The number of carbonyl (C=O) groups is 5. The molecule has 4 unspecified atom stereocenters. The zero-order valence-corrected chi connectivity index (χ0v) is 26.0. The lowest BCUT2D eigenvalue weighted by Gasteiger charge is -2.42. The van der Waals surface area contributed by atoms with Crippen LogP contribution < -0.4 is 33.2 Å². The SMILES string of the molecule is CC(=O)NC(CC1CCCCC1)C(=O)N1CCC1C(=O)NC(Cc1ccc(O)cc1)C(=O)NC(CCCCN=C(N)N)C(N)=O. The predicted octanol–water partition coefficient (Wildman–Crippen LogP) is -0.0907. The van der Waals surface area contributed by atoms with E-state index in [1.807, 2.05) is 0 Å². The van der Waals surface area contributed by atoms with Crippen molar-refractivity contribution in [3.63, 3.8) is 0 Å². The van der Waals surface area contributed by atoms with Gasteiger partial charge in [0.2, 0.25) is 29.5 Å². The van der Waals surface area contributed by atoms with Gasteiger partial charge in [-0.3, -0.25) is 29.0 Å². The first-order valence-corrected chi connectivity index (χ1v) is 15.8. The molecule has 0 bridgehead atoms. The fourth-order valence-corrected chi connectivity index (χ4v) is 5.92. The van der Waals surface area contributed by atoms with Gasteiger partial charge in [0, 0.05) is 26.4 Å². The molecule has 1 aliphatic carbocycles. The van der Waals surface area contributed by atoms with E-state index in [2.05, 4.69) is 20.9 Å². The van der Waals surface area contributed by atoms with Gasteiger partial charge in [-0.2, -0.15) is 0 Å². The maximum absolute atomic E-state index is 13.6. The average molecular weight is 629 g/mol. The Kier molecular flexibility index (Phi) is 13.4. The molecule has 1 aromatic rings. The molecule has 1 aromatic carbocycles. The normalized spacial score (nSPS) is 18.4. The number of benzene rings is 1. The van der Waals surface area contributed by atoms with Crippen molar-refractivity contribution < 1.29 is 29.1 Å². The Morgan fingerprint density at radius 3 is 2.18 bits per heavy atom. The highest BCUT2D eigenvalue weighted by molar-refractivity contribution is 5.96. The van der Waals surface area contributed by atoms with Crippen molar-refractivity contribution in [1.29, 1.82) is 0 Å². The molecule has 14 heteroatoms. The van der Waals surface area contributed by atoms with Gasteiger partial charge in [-0.25, -0.2) is 0 Å². The van der Waals surface area contributed by atoms with Crippen LogP contribution in [-0.4, -0.2) is 82.8 Å². The molecule has 3 rings (SSSR count). The molecule has 14 nitrogen and oxygen atoms in total. The Hall–Kier alpha value is -4.36. The quantitative estimate of drug-likeness (QED) is 0.0740. The standard InChI is InChI=1S/C31H48N8O6/c1-19(40)36-25(18-20-7-3-2-4-8-20)30(45)39-16-14-26(39)29(44)38-24(17-21-10-12-22(41)13-11-21)28(43)37-23(27(32)42)9-5-6-15-35-31(33)34/h10-13,20,23-26,41H,2-9,14-18H2,1H3,(H2,32,42)(H,36,40)(H,37,43)(H,38,44)(H4,33,34,35). The molecule has 10 N–H and O–H groups in total. The van der Waals surface area contributed by atoms with E-state index in [0.717, 1.165) is 25.7 Å². The molecule has 0 spiro atoms. The molecule has 0 aromatic heterocycles. The lowest BCUT2D eigenvalue weighted by molar-refractivity contribution is -0.150. The molecular formula is C31H48N8O6. The van der Waals surface area contributed by atoms with E-state index < -0.39 is 41.9 Å². The number of aliphatic imine (C=N–C) groups is 1. The number of aromatic hydroxyl groups is 1. The van der Waals surface area contributed by atoms with Gasteiger partial charge in [-0.15, -0.1) is 0 Å². The van der Waals surface area contributed by atoms with Crippen LogP contribution in [0.3, 0.4) is 0 Å². The van der Waals surface area contributed by atoms with Crippen molar-refractivity contribution in [2.75, 3.05) is 13.1 Å². The van der Waals surface area contributed by atoms with Crippen molar-refractivity contribution >= 4 is 35.5 Å². The summed E-state index contributed by atoms with van der Waals surface area (Å²) in [5.41, 5.74) is 16.9. The van der Waals surface area contributed by atoms with Gasteiger partial charge in [0.25, 0.3) is 0 Å². The number of likely N-dealkylation sites (tertiary alicyclic amines) is 1. The summed E-state index contributed by atoms with van der Waals surface area (Å²) in [6.45, 7) is 2.09. The van der Waals surface area contributed by atoms with Gasteiger partial charge in [-0.05, 0) is 55.7 Å². The molecule has 2 fully saturated rings. The van der Waals surface area contributed by atoms with Crippen LogP contribution in [0.2, 0.25) is 0 Å². The number of unbranched alkanes of at least 4 members (excludes halogenated alkanes) is 1. The summed E-state index contributed by atoms with van der Waals surface area (Å²) in [5, 5.41) is 17.9. The number of phenols is 1. The summed E-state index contributed by atoms with van der Waals surface area (Å²) in [7, 11) is 0. The Labute approximate surface area is 263 Å². The summed E-state index contributed by atoms with van der Waals surface area (Å²) >= 11 is 0. The first-order valence-electron chi connectivity index (χ1n) is 15.8. The van der Waals surface area contributed by atoms with E-state index in [1.165, 1.54) is 30.4 Å². The lowest BCUT2D eigenvalue weighted by Crippen LogP contribution is -2.64. The van der Waals surface area contributed by atoms with E-state index >= 15 is 0 Å². The summed E-state index contributed by atoms with van der Waals surface area (Å²) in [4.78, 5) is 70.0. The fraction of sp³-hybridized carbons (Fsp3) is 0.613. The van der Waals surface area contributed by atoms with Gasteiger partial charge < -0.3 is 43.2 Å². The summed E-state index contributed by atoms with van der Waals surface area (Å²) in [5.74, 6) is -2.13. The molecule has 248 valence electrons. The van der Waals surface area contributed by atoms with Crippen molar-refractivity contribution in [3.05, 3.63) is 29.8 Å². The van der Waals surface area contributed by atoms with E-state index in [9.17, 15) is 29.1 Å². The van der Waals surface area contributed by atoms with E-state index in [1.54, 1.807) is 12.1 Å². The minimum atomic E-state index is -1.10. The number of nitrogens with one attached hydrogen (secondary N) is 3. The van der Waals surface area contributed by atoms with Crippen LogP contribution >= 0.6 is 0 Å². The number of phenolic OH excluding ortho intramolecular Hbond substituents is 1. The maximum Gasteiger partial charge on any atom is 0.245 e. The van der Waals surface area contributed by atoms with Crippen LogP contribution in [0.4, 0.5) is 0 Å². The summed E-state index contributed by atoms with van der Waals surface area (Å²) < 4.78 is 0. The van der Waals surface area contributed by atoms with Crippen molar-refractivity contribution in [2.45, 2.75) is 102 Å². The number of rotatable bonds is 16.